The van der Waals surface area contributed by atoms with E-state index in [0.29, 0.717) is 11.5 Å². The Kier molecular flexibility index (Phi) is 2.74. The van der Waals surface area contributed by atoms with Gasteiger partial charge in [-0.2, -0.15) is 5.26 Å². The lowest BCUT2D eigenvalue weighted by Gasteiger charge is -2.16. The van der Waals surface area contributed by atoms with Gasteiger partial charge in [0.2, 0.25) is 5.76 Å². The lowest BCUT2D eigenvalue weighted by molar-refractivity contribution is -0.119. The largest absolute Gasteiger partial charge is 0.457 e. The Hall–Kier alpha value is -2.48. The number of nitrogens with zero attached hydrogens (tertiary/aromatic N) is 1. The Balaban J connectivity index is 2.09. The van der Waals surface area contributed by atoms with Crippen LogP contribution in [0.2, 0.25) is 0 Å². The smallest absolute Gasteiger partial charge is 0.291 e. The highest BCUT2D eigenvalue weighted by atomic mass is 16.6. The van der Waals surface area contributed by atoms with Gasteiger partial charge in [-0.05, 0) is 12.1 Å². The number of fused-ring (bicyclic) bond motifs is 1. The van der Waals surface area contributed by atoms with E-state index in [0.717, 1.165) is 0 Å². The van der Waals surface area contributed by atoms with Gasteiger partial charge in [0.15, 0.2) is 11.5 Å². The normalized spacial score (nSPS) is 12.3. The van der Waals surface area contributed by atoms with Crippen LogP contribution < -0.4 is 14.8 Å². The molecule has 1 aromatic rings. The first-order valence-corrected chi connectivity index (χ1v) is 4.60. The Labute approximate surface area is 91.9 Å². The van der Waals surface area contributed by atoms with Crippen LogP contribution in [0.25, 0.3) is 0 Å². The summed E-state index contributed by atoms with van der Waals surface area (Å²) in [6.07, 6.45) is 1.22. The fourth-order valence-corrected chi connectivity index (χ4v) is 1.20. The van der Waals surface area contributed by atoms with Crippen molar-refractivity contribution in [3.63, 3.8) is 0 Å². The van der Waals surface area contributed by atoms with E-state index < -0.39 is 5.91 Å². The van der Waals surface area contributed by atoms with Crippen molar-refractivity contribution in [1.82, 2.24) is 5.32 Å². The van der Waals surface area contributed by atoms with Crippen LogP contribution in [0.3, 0.4) is 0 Å². The summed E-state index contributed by atoms with van der Waals surface area (Å²) in [6.45, 7) is -0.0683. The summed E-state index contributed by atoms with van der Waals surface area (Å²) in [6, 6.07) is 8.81. The quantitative estimate of drug-likeness (QED) is 0.747. The molecular formula is C11H8N2O3. The van der Waals surface area contributed by atoms with Crippen molar-refractivity contribution >= 4 is 5.91 Å². The highest BCUT2D eigenvalue weighted by molar-refractivity contribution is 5.92. The molecule has 0 aliphatic carbocycles. The van der Waals surface area contributed by atoms with Gasteiger partial charge in [0.05, 0.1) is 6.07 Å². The topological polar surface area (TPSA) is 71.4 Å². The minimum absolute atomic E-state index is 0.0361. The van der Waals surface area contributed by atoms with Crippen LogP contribution in [0.5, 0.6) is 11.5 Å². The Bertz CT molecular complexity index is 488. The summed E-state index contributed by atoms with van der Waals surface area (Å²) in [5.41, 5.74) is 0. The lowest BCUT2D eigenvalue weighted by Crippen LogP contribution is -2.28. The Morgan fingerprint density at radius 1 is 1.38 bits per heavy atom. The summed E-state index contributed by atoms with van der Waals surface area (Å²) in [5.74, 6) is 0.594. The van der Waals surface area contributed by atoms with Gasteiger partial charge in [-0.15, -0.1) is 0 Å². The van der Waals surface area contributed by atoms with Gasteiger partial charge in [0, 0.05) is 0 Å². The molecule has 0 saturated heterocycles. The number of hydrogen-bond acceptors (Lipinski definition) is 4. The fourth-order valence-electron chi connectivity index (χ4n) is 1.20. The van der Waals surface area contributed by atoms with Gasteiger partial charge in [-0.1, -0.05) is 12.1 Å². The monoisotopic (exact) mass is 216 g/mol. The summed E-state index contributed by atoms with van der Waals surface area (Å²) >= 11 is 0. The summed E-state index contributed by atoms with van der Waals surface area (Å²) in [4.78, 5) is 11.4. The molecule has 0 radical (unpaired) electrons. The first-order chi connectivity index (χ1) is 7.81. The first kappa shape index (κ1) is 10.1. The molecule has 0 saturated carbocycles. The number of para-hydroxylation sites is 2. The minimum Gasteiger partial charge on any atom is -0.457 e. The molecular weight excluding hydrogens is 208 g/mol. The molecule has 0 bridgehead atoms. The number of nitrogens with one attached hydrogen (secondary N) is 1. The molecule has 80 valence electrons. The van der Waals surface area contributed by atoms with Gasteiger partial charge >= 0.3 is 0 Å². The molecule has 1 aromatic carbocycles. The molecule has 16 heavy (non-hydrogen) atoms. The number of benzene rings is 1. The molecule has 5 heteroatoms. The molecule has 5 nitrogen and oxygen atoms in total. The average molecular weight is 216 g/mol. The standard InChI is InChI=1S/C11H8N2O3/c12-5-6-13-11(14)10-7-15-8-3-1-2-4-9(8)16-10/h1-4,7H,6H2,(H,13,14). The van der Waals surface area contributed by atoms with E-state index in [-0.39, 0.29) is 12.3 Å². The van der Waals surface area contributed by atoms with E-state index in [1.807, 2.05) is 0 Å². The van der Waals surface area contributed by atoms with Crippen LogP contribution in [-0.2, 0) is 4.79 Å². The third-order valence-electron chi connectivity index (χ3n) is 1.91. The zero-order chi connectivity index (χ0) is 11.4. The maximum atomic E-state index is 11.4. The number of carbonyl (C=O) groups excluding carboxylic acids is 1. The number of rotatable bonds is 2. The molecule has 1 aliphatic heterocycles. The van der Waals surface area contributed by atoms with Gasteiger partial charge < -0.3 is 14.8 Å². The van der Waals surface area contributed by atoms with Crippen LogP contribution in [0.15, 0.2) is 36.3 Å². The van der Waals surface area contributed by atoms with Crippen molar-refractivity contribution in [2.24, 2.45) is 0 Å². The third kappa shape index (κ3) is 1.96. The van der Waals surface area contributed by atoms with Gasteiger partial charge in [-0.25, -0.2) is 0 Å². The van der Waals surface area contributed by atoms with Crippen LogP contribution in [0.4, 0.5) is 0 Å². The van der Waals surface area contributed by atoms with E-state index in [9.17, 15) is 4.79 Å². The van der Waals surface area contributed by atoms with E-state index in [1.165, 1.54) is 6.26 Å². The van der Waals surface area contributed by atoms with Crippen LogP contribution in [0.1, 0.15) is 0 Å². The van der Waals surface area contributed by atoms with E-state index in [4.69, 9.17) is 14.7 Å². The average Bonchev–Trinajstić information content (AvgIpc) is 2.35. The molecule has 0 spiro atoms. The van der Waals surface area contributed by atoms with Crippen molar-refractivity contribution in [3.05, 3.63) is 36.3 Å². The Morgan fingerprint density at radius 2 is 2.12 bits per heavy atom. The predicted molar refractivity (Wildman–Crippen MR) is 54.4 cm³/mol. The van der Waals surface area contributed by atoms with Crippen LogP contribution in [0, 0.1) is 11.3 Å². The third-order valence-corrected chi connectivity index (χ3v) is 1.91. The summed E-state index contributed by atoms with van der Waals surface area (Å²) in [7, 11) is 0. The maximum Gasteiger partial charge on any atom is 0.291 e. The molecule has 0 aromatic heterocycles. The molecule has 1 aliphatic rings. The molecule has 2 rings (SSSR count). The SMILES string of the molecule is N#CCNC(=O)C1=COc2ccccc2O1. The second-order valence-electron chi connectivity index (χ2n) is 2.99. The van der Waals surface area contributed by atoms with E-state index in [1.54, 1.807) is 30.3 Å². The van der Waals surface area contributed by atoms with Crippen LogP contribution >= 0.6 is 0 Å². The van der Waals surface area contributed by atoms with Crippen molar-refractivity contribution in [1.29, 1.82) is 5.26 Å². The maximum absolute atomic E-state index is 11.4. The van der Waals surface area contributed by atoms with E-state index in [2.05, 4.69) is 5.32 Å². The van der Waals surface area contributed by atoms with Gasteiger partial charge in [0.1, 0.15) is 12.8 Å². The second-order valence-corrected chi connectivity index (χ2v) is 2.99. The zero-order valence-corrected chi connectivity index (χ0v) is 8.27. The minimum atomic E-state index is -0.476. The predicted octanol–water partition coefficient (Wildman–Crippen LogP) is 0.939. The van der Waals surface area contributed by atoms with E-state index >= 15 is 0 Å². The number of hydrogen-bond donors (Lipinski definition) is 1. The van der Waals surface area contributed by atoms with Crippen LogP contribution in [-0.4, -0.2) is 12.5 Å². The van der Waals surface area contributed by atoms with Gasteiger partial charge in [-0.3, -0.25) is 4.79 Å². The molecule has 0 unspecified atom stereocenters. The fraction of sp³-hybridized carbons (Fsp3) is 0.0909. The number of amides is 1. The van der Waals surface area contributed by atoms with Crippen molar-refractivity contribution in [2.75, 3.05) is 6.54 Å². The Morgan fingerprint density at radius 3 is 2.88 bits per heavy atom. The first-order valence-electron chi connectivity index (χ1n) is 4.60. The highest BCUT2D eigenvalue weighted by Crippen LogP contribution is 2.31. The van der Waals surface area contributed by atoms with Crippen molar-refractivity contribution < 1.29 is 14.3 Å². The van der Waals surface area contributed by atoms with Crippen molar-refractivity contribution in [3.8, 4) is 17.6 Å². The van der Waals surface area contributed by atoms with Crippen molar-refractivity contribution in [2.45, 2.75) is 0 Å². The molecule has 1 amide bonds. The lowest BCUT2D eigenvalue weighted by atomic mass is 10.3. The molecule has 0 atom stereocenters. The molecule has 1 heterocycles. The highest BCUT2D eigenvalue weighted by Gasteiger charge is 2.19. The zero-order valence-electron chi connectivity index (χ0n) is 8.27. The number of ether oxygens (including phenoxy) is 2. The number of nitriles is 1. The molecule has 1 N–H and O–H groups in total. The number of carbonyl (C=O) groups is 1. The van der Waals surface area contributed by atoms with Gasteiger partial charge in [0.25, 0.3) is 5.91 Å². The molecule has 0 fully saturated rings. The second kappa shape index (κ2) is 4.36. The summed E-state index contributed by atoms with van der Waals surface area (Å²) in [5, 5.41) is 10.7. The summed E-state index contributed by atoms with van der Waals surface area (Å²) < 4.78 is 10.5.